The highest BCUT2D eigenvalue weighted by Gasteiger charge is 2.11. The van der Waals surface area contributed by atoms with E-state index in [2.05, 4.69) is 55.4 Å². The molecule has 3 rings (SSSR count). The Morgan fingerprint density at radius 1 is 1.12 bits per heavy atom. The van der Waals surface area contributed by atoms with Gasteiger partial charge >= 0.3 is 0 Å². The number of hydrogen-bond acceptors (Lipinski definition) is 5. The third-order valence-electron chi connectivity index (χ3n) is 3.88. The van der Waals surface area contributed by atoms with Crippen LogP contribution >= 0.6 is 15.9 Å². The number of rotatable bonds is 6. The van der Waals surface area contributed by atoms with E-state index in [0.717, 1.165) is 17.7 Å². The van der Waals surface area contributed by atoms with Gasteiger partial charge in [-0.3, -0.25) is 4.98 Å². The van der Waals surface area contributed by atoms with Crippen molar-refractivity contribution in [3.05, 3.63) is 59.1 Å². The van der Waals surface area contributed by atoms with Crippen LogP contribution in [0.1, 0.15) is 20.3 Å². The Morgan fingerprint density at radius 3 is 2.58 bits per heavy atom. The first-order valence-corrected chi connectivity index (χ1v) is 9.12. The molecule has 0 aliphatic carbocycles. The van der Waals surface area contributed by atoms with E-state index < -0.39 is 0 Å². The van der Waals surface area contributed by atoms with Crippen molar-refractivity contribution in [2.24, 2.45) is 0 Å². The molecule has 0 saturated heterocycles. The molecule has 0 spiro atoms. The van der Waals surface area contributed by atoms with Crippen LogP contribution < -0.4 is 10.6 Å². The van der Waals surface area contributed by atoms with E-state index in [1.807, 2.05) is 12.1 Å². The molecule has 0 amide bonds. The summed E-state index contributed by atoms with van der Waals surface area (Å²) in [5.74, 6) is 0.646. The monoisotopic (exact) mass is 415 g/mol. The number of halogens is 2. The van der Waals surface area contributed by atoms with Crippen LogP contribution in [0.5, 0.6) is 0 Å². The van der Waals surface area contributed by atoms with Crippen LogP contribution in [0.3, 0.4) is 0 Å². The quantitative estimate of drug-likeness (QED) is 0.564. The molecule has 7 heteroatoms. The lowest BCUT2D eigenvalue weighted by molar-refractivity contribution is 0.631. The number of pyridine rings is 1. The van der Waals surface area contributed by atoms with Gasteiger partial charge in [-0.25, -0.2) is 9.37 Å². The first-order valence-electron chi connectivity index (χ1n) is 8.33. The standard InChI is InChI=1S/C19H19BrFN5/c1-3-12(2)23-19-25-17(13-6-8-22-9-7-13)11-18(26-19)24-16-5-4-14(20)10-15(16)21/h4-12H,3H2,1-2H3,(H2,23,24,25,26)/t12-/m0/s1. The van der Waals surface area contributed by atoms with Gasteiger partial charge < -0.3 is 10.6 Å². The maximum Gasteiger partial charge on any atom is 0.225 e. The lowest BCUT2D eigenvalue weighted by Gasteiger charge is -2.15. The summed E-state index contributed by atoms with van der Waals surface area (Å²) < 4.78 is 14.8. The zero-order valence-corrected chi connectivity index (χ0v) is 16.1. The topological polar surface area (TPSA) is 62.7 Å². The van der Waals surface area contributed by atoms with Gasteiger partial charge in [-0.2, -0.15) is 4.98 Å². The molecule has 2 heterocycles. The number of nitrogens with one attached hydrogen (secondary N) is 2. The summed E-state index contributed by atoms with van der Waals surface area (Å²) in [5, 5.41) is 6.31. The fraction of sp³-hybridized carbons (Fsp3) is 0.211. The molecule has 3 aromatic rings. The first kappa shape index (κ1) is 18.3. The Kier molecular flexibility index (Phi) is 5.78. The smallest absolute Gasteiger partial charge is 0.225 e. The minimum Gasteiger partial charge on any atom is -0.352 e. The lowest BCUT2D eigenvalue weighted by atomic mass is 10.2. The summed E-state index contributed by atoms with van der Waals surface area (Å²) in [6.45, 7) is 4.14. The second-order valence-corrected chi connectivity index (χ2v) is 6.82. The molecule has 134 valence electrons. The molecule has 5 nitrogen and oxygen atoms in total. The van der Waals surface area contributed by atoms with E-state index >= 15 is 0 Å². The number of hydrogen-bond donors (Lipinski definition) is 2. The zero-order chi connectivity index (χ0) is 18.5. The summed E-state index contributed by atoms with van der Waals surface area (Å²) in [6.07, 6.45) is 4.36. The molecule has 2 aromatic heterocycles. The lowest BCUT2D eigenvalue weighted by Crippen LogP contribution is -2.16. The predicted octanol–water partition coefficient (Wildman–Crippen LogP) is 5.39. The van der Waals surface area contributed by atoms with E-state index in [-0.39, 0.29) is 11.9 Å². The highest BCUT2D eigenvalue weighted by atomic mass is 79.9. The summed E-state index contributed by atoms with van der Waals surface area (Å²) in [4.78, 5) is 13.1. The van der Waals surface area contributed by atoms with Crippen LogP contribution in [0.2, 0.25) is 0 Å². The van der Waals surface area contributed by atoms with Crippen LogP contribution in [-0.4, -0.2) is 21.0 Å². The van der Waals surface area contributed by atoms with Crippen molar-refractivity contribution in [2.75, 3.05) is 10.6 Å². The maximum atomic E-state index is 14.2. The highest BCUT2D eigenvalue weighted by molar-refractivity contribution is 9.10. The normalized spacial score (nSPS) is 11.8. The van der Waals surface area contributed by atoms with Gasteiger partial charge in [0.05, 0.1) is 11.4 Å². The highest BCUT2D eigenvalue weighted by Crippen LogP contribution is 2.26. The van der Waals surface area contributed by atoms with Crippen LogP contribution in [0.25, 0.3) is 11.3 Å². The predicted molar refractivity (Wildman–Crippen MR) is 106 cm³/mol. The summed E-state index contributed by atoms with van der Waals surface area (Å²) in [6, 6.07) is 10.6. The van der Waals surface area contributed by atoms with Crippen molar-refractivity contribution in [3.8, 4) is 11.3 Å². The second kappa shape index (κ2) is 8.23. The van der Waals surface area contributed by atoms with Crippen molar-refractivity contribution < 1.29 is 4.39 Å². The Morgan fingerprint density at radius 2 is 1.88 bits per heavy atom. The molecule has 0 unspecified atom stereocenters. The molecule has 0 aliphatic heterocycles. The minimum atomic E-state index is -0.361. The number of benzene rings is 1. The SMILES string of the molecule is CC[C@H](C)Nc1nc(Nc2ccc(Br)cc2F)cc(-c2ccncc2)n1. The van der Waals surface area contributed by atoms with Crippen LogP contribution in [-0.2, 0) is 0 Å². The molecular weight excluding hydrogens is 397 g/mol. The van der Waals surface area contributed by atoms with Gasteiger partial charge in [0.1, 0.15) is 11.6 Å². The molecule has 0 bridgehead atoms. The first-order chi connectivity index (χ1) is 12.5. The molecular formula is C19H19BrFN5. The number of anilines is 3. The Balaban J connectivity index is 1.98. The van der Waals surface area contributed by atoms with Gasteiger partial charge in [0.2, 0.25) is 5.95 Å². The molecule has 1 aromatic carbocycles. The van der Waals surface area contributed by atoms with Crippen LogP contribution in [0, 0.1) is 5.82 Å². The van der Waals surface area contributed by atoms with E-state index in [1.54, 1.807) is 30.6 Å². The van der Waals surface area contributed by atoms with Gasteiger partial charge in [-0.1, -0.05) is 22.9 Å². The van der Waals surface area contributed by atoms with Crippen molar-refractivity contribution in [3.63, 3.8) is 0 Å². The third kappa shape index (κ3) is 4.54. The van der Waals surface area contributed by atoms with E-state index in [4.69, 9.17) is 0 Å². The maximum absolute atomic E-state index is 14.2. The second-order valence-electron chi connectivity index (χ2n) is 5.90. The summed E-state index contributed by atoms with van der Waals surface area (Å²) in [7, 11) is 0. The third-order valence-corrected chi connectivity index (χ3v) is 4.38. The van der Waals surface area contributed by atoms with Crippen LogP contribution in [0.4, 0.5) is 21.8 Å². The van der Waals surface area contributed by atoms with E-state index in [0.29, 0.717) is 21.9 Å². The molecule has 0 aliphatic rings. The molecule has 1 atom stereocenters. The van der Waals surface area contributed by atoms with Gasteiger partial charge in [0.15, 0.2) is 0 Å². The zero-order valence-electron chi connectivity index (χ0n) is 14.5. The molecule has 26 heavy (non-hydrogen) atoms. The van der Waals surface area contributed by atoms with E-state index in [9.17, 15) is 4.39 Å². The van der Waals surface area contributed by atoms with Gasteiger partial charge in [-0.05, 0) is 43.7 Å². The molecule has 0 radical (unpaired) electrons. The molecule has 0 saturated carbocycles. The fourth-order valence-electron chi connectivity index (χ4n) is 2.30. The van der Waals surface area contributed by atoms with Gasteiger partial charge in [-0.15, -0.1) is 0 Å². The van der Waals surface area contributed by atoms with Crippen molar-refractivity contribution >= 4 is 33.4 Å². The fourth-order valence-corrected chi connectivity index (χ4v) is 2.63. The van der Waals surface area contributed by atoms with Gasteiger partial charge in [0, 0.05) is 34.5 Å². The largest absolute Gasteiger partial charge is 0.352 e. The van der Waals surface area contributed by atoms with E-state index in [1.165, 1.54) is 6.07 Å². The summed E-state index contributed by atoms with van der Waals surface area (Å²) in [5.41, 5.74) is 1.99. The average molecular weight is 416 g/mol. The Labute approximate surface area is 160 Å². The number of aromatic nitrogens is 3. The Hall–Kier alpha value is -2.54. The number of nitrogens with zero attached hydrogens (tertiary/aromatic N) is 3. The average Bonchev–Trinajstić information content (AvgIpc) is 2.64. The Bertz CT molecular complexity index is 888. The van der Waals surface area contributed by atoms with Crippen molar-refractivity contribution in [1.29, 1.82) is 0 Å². The molecule has 2 N–H and O–H groups in total. The van der Waals surface area contributed by atoms with Crippen LogP contribution in [0.15, 0.2) is 53.3 Å². The van der Waals surface area contributed by atoms with Gasteiger partial charge in [0.25, 0.3) is 0 Å². The van der Waals surface area contributed by atoms with Crippen molar-refractivity contribution in [2.45, 2.75) is 26.3 Å². The minimum absolute atomic E-state index is 0.222. The summed E-state index contributed by atoms with van der Waals surface area (Å²) >= 11 is 3.26. The van der Waals surface area contributed by atoms with Crippen molar-refractivity contribution in [1.82, 2.24) is 15.0 Å². The molecule has 0 fully saturated rings.